The van der Waals surface area contributed by atoms with Gasteiger partial charge in [0.05, 0.1) is 18.3 Å². The fourth-order valence-corrected chi connectivity index (χ4v) is 3.04. The molecule has 1 amide bonds. The maximum Gasteiger partial charge on any atom is 0.269 e. The van der Waals surface area contributed by atoms with Gasteiger partial charge in [-0.1, -0.05) is 17.9 Å². The number of hydrogen-bond donors (Lipinski definition) is 2. The summed E-state index contributed by atoms with van der Waals surface area (Å²) in [6.45, 7) is 0.516. The summed E-state index contributed by atoms with van der Waals surface area (Å²) in [7, 11) is 5.25. The molecule has 0 aliphatic heterocycles. The molecule has 0 aliphatic rings. The fraction of sp³-hybridized carbons (Fsp3) is 0.261. The molecule has 3 aromatic rings. The highest BCUT2D eigenvalue weighted by Crippen LogP contribution is 2.26. The molecule has 3 rings (SSSR count). The second kappa shape index (κ2) is 9.00. The average molecular weight is 420 g/mol. The number of ether oxygens (including phenoxy) is 1. The van der Waals surface area contributed by atoms with Gasteiger partial charge in [0, 0.05) is 23.9 Å². The Morgan fingerprint density at radius 1 is 1.32 bits per heavy atom. The summed E-state index contributed by atoms with van der Waals surface area (Å²) in [6.07, 6.45) is 0.657. The molecular formula is C23H24N4O4. The van der Waals surface area contributed by atoms with Gasteiger partial charge in [0.25, 0.3) is 5.91 Å². The summed E-state index contributed by atoms with van der Waals surface area (Å²) >= 11 is 0. The second-order valence-electron chi connectivity index (χ2n) is 7.40. The zero-order chi connectivity index (χ0) is 22.6. The van der Waals surface area contributed by atoms with Gasteiger partial charge >= 0.3 is 0 Å². The first kappa shape index (κ1) is 22.0. The van der Waals surface area contributed by atoms with Crippen molar-refractivity contribution >= 4 is 23.1 Å². The Morgan fingerprint density at radius 3 is 2.74 bits per heavy atom. The van der Waals surface area contributed by atoms with E-state index in [2.05, 4.69) is 16.9 Å². The monoisotopic (exact) mass is 420 g/mol. The number of rotatable bonds is 7. The molecule has 1 atom stereocenters. The molecule has 0 fully saturated rings. The van der Waals surface area contributed by atoms with E-state index in [9.17, 15) is 14.7 Å². The molecule has 31 heavy (non-hydrogen) atoms. The summed E-state index contributed by atoms with van der Waals surface area (Å²) in [4.78, 5) is 25.1. The van der Waals surface area contributed by atoms with E-state index >= 15 is 0 Å². The van der Waals surface area contributed by atoms with Gasteiger partial charge in [-0.2, -0.15) is 5.10 Å². The molecule has 0 saturated carbocycles. The van der Waals surface area contributed by atoms with Crippen molar-refractivity contribution in [2.24, 2.45) is 5.73 Å². The van der Waals surface area contributed by atoms with Gasteiger partial charge < -0.3 is 20.5 Å². The van der Waals surface area contributed by atoms with Crippen molar-refractivity contribution < 1.29 is 19.4 Å². The van der Waals surface area contributed by atoms with Gasteiger partial charge in [-0.05, 0) is 50.5 Å². The Balaban J connectivity index is 2.02. The molecule has 160 valence electrons. The lowest BCUT2D eigenvalue weighted by atomic mass is 10.0. The maximum absolute atomic E-state index is 11.9. The molecular weight excluding hydrogens is 396 g/mol. The van der Waals surface area contributed by atoms with Crippen molar-refractivity contribution in [2.75, 3.05) is 27.7 Å². The molecule has 0 radical (unpaired) electrons. The number of aldehydes is 1. The number of benzene rings is 2. The molecule has 0 unspecified atom stereocenters. The smallest absolute Gasteiger partial charge is 0.269 e. The number of methoxy groups -OCH3 is 1. The Bertz CT molecular complexity index is 1190. The largest absolute Gasteiger partial charge is 0.497 e. The van der Waals surface area contributed by atoms with Gasteiger partial charge in [0.1, 0.15) is 5.75 Å². The number of amides is 1. The van der Waals surface area contributed by atoms with Crippen molar-refractivity contribution in [1.82, 2.24) is 14.7 Å². The Morgan fingerprint density at radius 2 is 2.10 bits per heavy atom. The fourth-order valence-electron chi connectivity index (χ4n) is 3.04. The van der Waals surface area contributed by atoms with Crippen LogP contribution in [0.4, 0.5) is 0 Å². The molecule has 0 aliphatic carbocycles. The molecule has 1 heterocycles. The zero-order valence-corrected chi connectivity index (χ0v) is 17.6. The summed E-state index contributed by atoms with van der Waals surface area (Å²) in [5.74, 6) is 5.46. The van der Waals surface area contributed by atoms with Gasteiger partial charge in [0.2, 0.25) is 0 Å². The van der Waals surface area contributed by atoms with E-state index in [1.807, 2.05) is 25.1 Å². The van der Waals surface area contributed by atoms with Crippen LogP contribution in [0.5, 0.6) is 5.75 Å². The molecule has 8 heteroatoms. The van der Waals surface area contributed by atoms with Crippen LogP contribution in [-0.2, 0) is 4.79 Å². The highest BCUT2D eigenvalue weighted by atomic mass is 16.5. The highest BCUT2D eigenvalue weighted by Gasteiger charge is 2.23. The third kappa shape index (κ3) is 4.91. The van der Waals surface area contributed by atoms with Crippen LogP contribution in [0.1, 0.15) is 22.5 Å². The van der Waals surface area contributed by atoms with Crippen LogP contribution in [0.25, 0.3) is 16.6 Å². The predicted octanol–water partition coefficient (Wildman–Crippen LogP) is 1.37. The third-order valence-electron chi connectivity index (χ3n) is 4.77. The summed E-state index contributed by atoms with van der Waals surface area (Å²) in [5.41, 5.74) is 5.82. The minimum Gasteiger partial charge on any atom is -0.497 e. The first-order chi connectivity index (χ1) is 14.8. The van der Waals surface area contributed by atoms with E-state index in [1.165, 1.54) is 7.11 Å². The Labute approximate surface area is 180 Å². The van der Waals surface area contributed by atoms with Gasteiger partial charge in [-0.25, -0.2) is 4.68 Å². The normalized spacial score (nSPS) is 12.8. The second-order valence-corrected chi connectivity index (χ2v) is 7.40. The third-order valence-corrected chi connectivity index (χ3v) is 4.77. The van der Waals surface area contributed by atoms with E-state index in [-0.39, 0.29) is 12.1 Å². The molecule has 0 spiro atoms. The summed E-state index contributed by atoms with van der Waals surface area (Å²) in [6, 6.07) is 12.4. The van der Waals surface area contributed by atoms with Gasteiger partial charge in [-0.15, -0.1) is 0 Å². The van der Waals surface area contributed by atoms with Crippen LogP contribution >= 0.6 is 0 Å². The van der Waals surface area contributed by atoms with Crippen LogP contribution in [0.2, 0.25) is 0 Å². The van der Waals surface area contributed by atoms with E-state index < -0.39 is 11.5 Å². The standard InChI is InChI=1S/C23H24N4O4/c1-26(2)12-11-23(30,15-28)10-9-16-5-4-6-17(13-16)27-20-8-7-18(31-3)14-19(20)21(25-27)22(24)29/h4-8,13-15,30H,11-12H2,1-3H3,(H2,24,29)/t23-/m0/s1. The number of carbonyl (C=O) groups is 2. The van der Waals surface area contributed by atoms with Gasteiger partial charge in [-0.3, -0.25) is 9.59 Å². The van der Waals surface area contributed by atoms with Crippen LogP contribution < -0.4 is 10.5 Å². The first-order valence-electron chi connectivity index (χ1n) is 9.60. The van der Waals surface area contributed by atoms with E-state index in [1.54, 1.807) is 41.1 Å². The molecule has 1 aromatic heterocycles. The van der Waals surface area contributed by atoms with Gasteiger partial charge in [0.15, 0.2) is 17.6 Å². The maximum atomic E-state index is 11.9. The Kier molecular flexibility index (Phi) is 6.39. The number of primary amides is 1. The van der Waals surface area contributed by atoms with Crippen molar-refractivity contribution in [1.29, 1.82) is 0 Å². The van der Waals surface area contributed by atoms with Crippen LogP contribution in [0, 0.1) is 11.8 Å². The van der Waals surface area contributed by atoms with Crippen molar-refractivity contribution in [3.8, 4) is 23.3 Å². The highest BCUT2D eigenvalue weighted by molar-refractivity contribution is 6.04. The molecule has 0 bridgehead atoms. The van der Waals surface area contributed by atoms with Crippen LogP contribution in [0.3, 0.4) is 0 Å². The van der Waals surface area contributed by atoms with E-state index in [0.717, 1.165) is 0 Å². The molecule has 3 N–H and O–H groups in total. The molecule has 2 aromatic carbocycles. The van der Waals surface area contributed by atoms with Crippen molar-refractivity contribution in [3.05, 3.63) is 53.7 Å². The quantitative estimate of drug-likeness (QED) is 0.441. The topological polar surface area (TPSA) is 111 Å². The first-order valence-corrected chi connectivity index (χ1v) is 9.60. The summed E-state index contributed by atoms with van der Waals surface area (Å²) in [5, 5.41) is 15.4. The number of hydrogen-bond acceptors (Lipinski definition) is 6. The number of aliphatic hydroxyl groups is 1. The number of fused-ring (bicyclic) bond motifs is 1. The zero-order valence-electron chi connectivity index (χ0n) is 17.6. The molecule has 8 nitrogen and oxygen atoms in total. The summed E-state index contributed by atoms with van der Waals surface area (Å²) < 4.78 is 6.83. The van der Waals surface area contributed by atoms with Crippen molar-refractivity contribution in [2.45, 2.75) is 12.0 Å². The lowest BCUT2D eigenvalue weighted by Gasteiger charge is -2.17. The lowest BCUT2D eigenvalue weighted by Crippen LogP contribution is -2.33. The Hall–Kier alpha value is -3.67. The van der Waals surface area contributed by atoms with Crippen LogP contribution in [-0.4, -0.2) is 65.3 Å². The SMILES string of the molecule is COc1ccc2c(c1)c(C(N)=O)nn2-c1cccc(C#C[C@@](O)(C=O)CCN(C)C)c1. The van der Waals surface area contributed by atoms with E-state index in [4.69, 9.17) is 10.5 Å². The average Bonchev–Trinajstić information content (AvgIpc) is 3.15. The minimum absolute atomic E-state index is 0.129. The number of aromatic nitrogens is 2. The van der Waals surface area contributed by atoms with Crippen LogP contribution in [0.15, 0.2) is 42.5 Å². The minimum atomic E-state index is -1.73. The number of nitrogens with zero attached hydrogens (tertiary/aromatic N) is 3. The number of carbonyl (C=O) groups excluding carboxylic acids is 2. The molecule has 0 saturated heterocycles. The predicted molar refractivity (Wildman–Crippen MR) is 117 cm³/mol. The van der Waals surface area contributed by atoms with Crippen molar-refractivity contribution in [3.63, 3.8) is 0 Å². The van der Waals surface area contributed by atoms with E-state index in [0.29, 0.717) is 40.7 Å². The number of nitrogens with two attached hydrogens (primary N) is 1. The lowest BCUT2D eigenvalue weighted by molar-refractivity contribution is -0.119.